The van der Waals surface area contributed by atoms with E-state index >= 15 is 0 Å². The van der Waals surface area contributed by atoms with E-state index in [2.05, 4.69) is 4.90 Å². The van der Waals surface area contributed by atoms with Gasteiger partial charge >= 0.3 is 0 Å². The average Bonchev–Trinajstić information content (AvgIpc) is 2.26. The first-order valence-electron chi connectivity index (χ1n) is 5.24. The van der Waals surface area contributed by atoms with E-state index in [9.17, 15) is 0 Å². The van der Waals surface area contributed by atoms with Gasteiger partial charge in [0.15, 0.2) is 0 Å². The molecule has 0 unspecified atom stereocenters. The minimum atomic E-state index is 0.616. The maximum absolute atomic E-state index is 6.00. The van der Waals surface area contributed by atoms with Crippen LogP contribution >= 0.6 is 11.6 Å². The zero-order valence-electron chi connectivity index (χ0n) is 10.00. The number of halogens is 1. The predicted octanol–water partition coefficient (Wildman–Crippen LogP) is 2.68. The van der Waals surface area contributed by atoms with Gasteiger partial charge in [-0.05, 0) is 32.6 Å². The van der Waals surface area contributed by atoms with Gasteiger partial charge in [0, 0.05) is 12.6 Å². The number of methoxy groups -OCH3 is 1. The molecule has 0 bridgehead atoms. The van der Waals surface area contributed by atoms with Crippen molar-refractivity contribution in [1.82, 2.24) is 4.90 Å². The Bertz CT molecular complexity index is 329. The molecule has 0 radical (unpaired) electrons. The molecule has 90 valence electrons. The SMILES string of the molecule is COc1ccc(Cl)c(OCCCN(C)C)c1. The predicted molar refractivity (Wildman–Crippen MR) is 66.7 cm³/mol. The molecule has 3 nitrogen and oxygen atoms in total. The highest BCUT2D eigenvalue weighted by atomic mass is 35.5. The molecule has 0 saturated carbocycles. The van der Waals surface area contributed by atoms with Crippen molar-refractivity contribution in [3.63, 3.8) is 0 Å². The topological polar surface area (TPSA) is 21.7 Å². The lowest BCUT2D eigenvalue weighted by molar-refractivity contribution is 0.280. The lowest BCUT2D eigenvalue weighted by Gasteiger charge is -2.12. The van der Waals surface area contributed by atoms with Gasteiger partial charge in [-0.15, -0.1) is 0 Å². The molecule has 0 aromatic heterocycles. The van der Waals surface area contributed by atoms with Crippen LogP contribution in [-0.2, 0) is 0 Å². The van der Waals surface area contributed by atoms with Crippen LogP contribution in [0.15, 0.2) is 18.2 Å². The molecule has 0 fully saturated rings. The van der Waals surface area contributed by atoms with E-state index in [0.717, 1.165) is 18.7 Å². The van der Waals surface area contributed by atoms with Crippen molar-refractivity contribution in [2.75, 3.05) is 34.4 Å². The summed E-state index contributed by atoms with van der Waals surface area (Å²) in [5, 5.41) is 0.616. The van der Waals surface area contributed by atoms with Gasteiger partial charge < -0.3 is 14.4 Å². The number of ether oxygens (including phenoxy) is 2. The van der Waals surface area contributed by atoms with Crippen LogP contribution in [0.2, 0.25) is 5.02 Å². The third-order valence-corrected chi connectivity index (χ3v) is 2.46. The highest BCUT2D eigenvalue weighted by Crippen LogP contribution is 2.28. The Morgan fingerprint density at radius 3 is 2.69 bits per heavy atom. The van der Waals surface area contributed by atoms with E-state index in [1.165, 1.54) is 0 Å². The summed E-state index contributed by atoms with van der Waals surface area (Å²) in [7, 11) is 5.70. The van der Waals surface area contributed by atoms with Gasteiger partial charge in [0.1, 0.15) is 11.5 Å². The van der Waals surface area contributed by atoms with Crippen molar-refractivity contribution < 1.29 is 9.47 Å². The molecular formula is C12H18ClNO2. The summed E-state index contributed by atoms with van der Waals surface area (Å²) in [5.41, 5.74) is 0. The molecular weight excluding hydrogens is 226 g/mol. The molecule has 4 heteroatoms. The normalized spacial score (nSPS) is 10.6. The second-order valence-corrected chi connectivity index (χ2v) is 4.21. The second-order valence-electron chi connectivity index (χ2n) is 3.80. The zero-order valence-corrected chi connectivity index (χ0v) is 10.8. The summed E-state index contributed by atoms with van der Waals surface area (Å²) < 4.78 is 10.7. The van der Waals surface area contributed by atoms with Crippen LogP contribution in [-0.4, -0.2) is 39.3 Å². The van der Waals surface area contributed by atoms with E-state index in [1.54, 1.807) is 19.2 Å². The Morgan fingerprint density at radius 2 is 2.06 bits per heavy atom. The monoisotopic (exact) mass is 243 g/mol. The highest BCUT2D eigenvalue weighted by Gasteiger charge is 2.03. The van der Waals surface area contributed by atoms with Crippen molar-refractivity contribution in [3.8, 4) is 11.5 Å². The van der Waals surface area contributed by atoms with E-state index in [4.69, 9.17) is 21.1 Å². The fourth-order valence-corrected chi connectivity index (χ4v) is 1.46. The van der Waals surface area contributed by atoms with Crippen molar-refractivity contribution in [3.05, 3.63) is 23.2 Å². The van der Waals surface area contributed by atoms with Gasteiger partial charge in [-0.3, -0.25) is 0 Å². The zero-order chi connectivity index (χ0) is 12.0. The fraction of sp³-hybridized carbons (Fsp3) is 0.500. The maximum Gasteiger partial charge on any atom is 0.141 e. The fourth-order valence-electron chi connectivity index (χ4n) is 1.28. The molecule has 16 heavy (non-hydrogen) atoms. The third kappa shape index (κ3) is 4.29. The van der Waals surface area contributed by atoms with Gasteiger partial charge in [-0.25, -0.2) is 0 Å². The number of rotatable bonds is 6. The van der Waals surface area contributed by atoms with Crippen LogP contribution in [0.1, 0.15) is 6.42 Å². The number of hydrogen-bond acceptors (Lipinski definition) is 3. The second kappa shape index (κ2) is 6.61. The Hall–Kier alpha value is -0.930. The standard InChI is InChI=1S/C12H18ClNO2/c1-14(2)7-4-8-16-12-9-10(15-3)5-6-11(12)13/h5-6,9H,4,7-8H2,1-3H3. The molecule has 0 aliphatic carbocycles. The molecule has 0 saturated heterocycles. The molecule has 0 aliphatic heterocycles. The van der Waals surface area contributed by atoms with E-state index in [-0.39, 0.29) is 0 Å². The molecule has 0 atom stereocenters. The lowest BCUT2D eigenvalue weighted by atomic mass is 10.3. The minimum absolute atomic E-state index is 0.616. The van der Waals surface area contributed by atoms with Crippen molar-refractivity contribution >= 4 is 11.6 Å². The first kappa shape index (κ1) is 13.1. The van der Waals surface area contributed by atoms with E-state index in [0.29, 0.717) is 17.4 Å². The Balaban J connectivity index is 2.46. The van der Waals surface area contributed by atoms with E-state index < -0.39 is 0 Å². The molecule has 0 amide bonds. The van der Waals surface area contributed by atoms with Gasteiger partial charge in [0.05, 0.1) is 18.7 Å². The number of hydrogen-bond donors (Lipinski definition) is 0. The number of benzene rings is 1. The van der Waals surface area contributed by atoms with Crippen molar-refractivity contribution in [2.45, 2.75) is 6.42 Å². The molecule has 1 rings (SSSR count). The lowest BCUT2D eigenvalue weighted by Crippen LogP contribution is -2.15. The van der Waals surface area contributed by atoms with Crippen LogP contribution < -0.4 is 9.47 Å². The average molecular weight is 244 g/mol. The van der Waals surface area contributed by atoms with E-state index in [1.807, 2.05) is 20.2 Å². The summed E-state index contributed by atoms with van der Waals surface area (Å²) in [5.74, 6) is 1.44. The summed E-state index contributed by atoms with van der Waals surface area (Å²) >= 11 is 6.00. The molecule has 1 aromatic rings. The molecule has 0 heterocycles. The summed E-state index contributed by atoms with van der Waals surface area (Å²) in [6.07, 6.45) is 0.973. The van der Waals surface area contributed by atoms with Crippen molar-refractivity contribution in [2.24, 2.45) is 0 Å². The van der Waals surface area contributed by atoms with Gasteiger partial charge in [0.25, 0.3) is 0 Å². The Labute approximate surface area is 102 Å². The van der Waals surface area contributed by atoms with Gasteiger partial charge in [-0.1, -0.05) is 11.6 Å². The summed E-state index contributed by atoms with van der Waals surface area (Å²) in [4.78, 5) is 2.12. The summed E-state index contributed by atoms with van der Waals surface area (Å²) in [6, 6.07) is 5.40. The third-order valence-electron chi connectivity index (χ3n) is 2.15. The smallest absolute Gasteiger partial charge is 0.141 e. The van der Waals surface area contributed by atoms with Crippen LogP contribution in [0.5, 0.6) is 11.5 Å². The molecule has 0 aliphatic rings. The number of nitrogens with zero attached hydrogens (tertiary/aromatic N) is 1. The summed E-state index contributed by atoms with van der Waals surface area (Å²) in [6.45, 7) is 1.66. The maximum atomic E-state index is 6.00. The van der Waals surface area contributed by atoms with Crippen LogP contribution in [0.4, 0.5) is 0 Å². The van der Waals surface area contributed by atoms with Gasteiger partial charge in [0.2, 0.25) is 0 Å². The Morgan fingerprint density at radius 1 is 1.31 bits per heavy atom. The van der Waals surface area contributed by atoms with Crippen LogP contribution in [0.25, 0.3) is 0 Å². The van der Waals surface area contributed by atoms with Crippen molar-refractivity contribution in [1.29, 1.82) is 0 Å². The van der Waals surface area contributed by atoms with Crippen LogP contribution in [0, 0.1) is 0 Å². The van der Waals surface area contributed by atoms with Crippen LogP contribution in [0.3, 0.4) is 0 Å². The Kier molecular flexibility index (Phi) is 5.43. The minimum Gasteiger partial charge on any atom is -0.497 e. The first-order valence-corrected chi connectivity index (χ1v) is 5.62. The largest absolute Gasteiger partial charge is 0.497 e. The molecule has 1 aromatic carbocycles. The quantitative estimate of drug-likeness (QED) is 0.717. The highest BCUT2D eigenvalue weighted by molar-refractivity contribution is 6.32. The molecule has 0 N–H and O–H groups in total. The van der Waals surface area contributed by atoms with Gasteiger partial charge in [-0.2, -0.15) is 0 Å². The molecule has 0 spiro atoms. The first-order chi connectivity index (χ1) is 7.63.